The van der Waals surface area contributed by atoms with Crippen molar-refractivity contribution in [3.63, 3.8) is 0 Å². The zero-order chi connectivity index (χ0) is 20.8. The van der Waals surface area contributed by atoms with Crippen molar-refractivity contribution in [3.05, 3.63) is 59.4 Å². The topological polar surface area (TPSA) is 100 Å². The largest absolute Gasteiger partial charge is 0.395 e. The maximum Gasteiger partial charge on any atom is 0.262 e. The van der Waals surface area contributed by atoms with E-state index in [0.717, 1.165) is 16.7 Å². The van der Waals surface area contributed by atoms with Crippen molar-refractivity contribution in [1.82, 2.24) is 15.0 Å². The van der Waals surface area contributed by atoms with Gasteiger partial charge in [0.15, 0.2) is 5.82 Å². The highest BCUT2D eigenvalue weighted by Gasteiger charge is 2.21. The third kappa shape index (κ3) is 4.90. The Morgan fingerprint density at radius 1 is 1.10 bits per heavy atom. The normalized spacial score (nSPS) is 10.6. The number of carbonyl (C=O) groups excluding carboxylic acids is 1. The van der Waals surface area contributed by atoms with E-state index in [9.17, 15) is 9.90 Å². The highest BCUT2D eigenvalue weighted by Crippen LogP contribution is 2.29. The van der Waals surface area contributed by atoms with Gasteiger partial charge in [-0.15, -0.1) is 11.8 Å². The molecular weight excluding hydrogens is 386 g/mol. The smallest absolute Gasteiger partial charge is 0.262 e. The van der Waals surface area contributed by atoms with Crippen molar-refractivity contribution >= 4 is 29.2 Å². The summed E-state index contributed by atoms with van der Waals surface area (Å²) < 4.78 is 0. The number of nitrogens with zero attached hydrogens (tertiary/aromatic N) is 3. The molecule has 0 spiro atoms. The van der Waals surface area contributed by atoms with Crippen LogP contribution in [0.1, 0.15) is 21.5 Å². The number of aliphatic hydroxyl groups is 1. The molecule has 0 unspecified atom stereocenters. The first-order valence-electron chi connectivity index (χ1n) is 9.13. The van der Waals surface area contributed by atoms with Crippen molar-refractivity contribution in [2.45, 2.75) is 18.9 Å². The second-order valence-corrected chi connectivity index (χ2v) is 7.21. The van der Waals surface area contributed by atoms with Crippen molar-refractivity contribution in [3.8, 4) is 11.4 Å². The number of benzene rings is 1. The van der Waals surface area contributed by atoms with Gasteiger partial charge in [-0.25, -0.2) is 9.97 Å². The molecule has 0 aliphatic carbocycles. The number of aromatic nitrogens is 3. The molecule has 3 aromatic rings. The van der Waals surface area contributed by atoms with E-state index in [4.69, 9.17) is 0 Å². The molecule has 1 amide bonds. The van der Waals surface area contributed by atoms with Crippen LogP contribution in [0.25, 0.3) is 11.4 Å². The molecule has 3 N–H and O–H groups in total. The van der Waals surface area contributed by atoms with Gasteiger partial charge in [-0.2, -0.15) is 0 Å². The number of aliphatic hydroxyl groups excluding tert-OH is 1. The first kappa shape index (κ1) is 20.8. The minimum absolute atomic E-state index is 0.0819. The molecule has 0 radical (unpaired) electrons. The van der Waals surface area contributed by atoms with E-state index in [1.54, 1.807) is 12.4 Å². The Labute approximate surface area is 174 Å². The van der Waals surface area contributed by atoms with Crippen molar-refractivity contribution in [2.24, 2.45) is 0 Å². The van der Waals surface area contributed by atoms with Gasteiger partial charge in [-0.1, -0.05) is 6.07 Å². The molecule has 3 rings (SSSR count). The molecule has 8 heteroatoms. The third-order valence-corrected chi connectivity index (χ3v) is 5.09. The number of aryl methyl sites for hydroxylation is 2. The Kier molecular flexibility index (Phi) is 6.79. The van der Waals surface area contributed by atoms with Gasteiger partial charge in [0.25, 0.3) is 5.91 Å². The lowest BCUT2D eigenvalue weighted by atomic mass is 10.1. The average molecular weight is 410 g/mol. The van der Waals surface area contributed by atoms with E-state index in [0.29, 0.717) is 27.9 Å². The Bertz CT molecular complexity index is 1010. The van der Waals surface area contributed by atoms with Crippen molar-refractivity contribution in [1.29, 1.82) is 0 Å². The second-order valence-electron chi connectivity index (χ2n) is 6.42. The lowest BCUT2D eigenvalue weighted by Gasteiger charge is -2.15. The summed E-state index contributed by atoms with van der Waals surface area (Å²) in [6, 6.07) is 9.38. The number of thioether (sulfide) groups is 1. The monoisotopic (exact) mass is 409 g/mol. The van der Waals surface area contributed by atoms with Gasteiger partial charge < -0.3 is 15.7 Å². The van der Waals surface area contributed by atoms with E-state index in [2.05, 4.69) is 25.6 Å². The van der Waals surface area contributed by atoms with Crippen LogP contribution in [0.4, 0.5) is 11.5 Å². The van der Waals surface area contributed by atoms with Gasteiger partial charge in [0.05, 0.1) is 6.61 Å². The van der Waals surface area contributed by atoms with E-state index in [1.165, 1.54) is 11.8 Å². The van der Waals surface area contributed by atoms with E-state index in [1.807, 2.05) is 50.4 Å². The number of hydrogen-bond donors (Lipinski definition) is 3. The highest BCUT2D eigenvalue weighted by atomic mass is 32.2. The van der Waals surface area contributed by atoms with Crippen molar-refractivity contribution < 1.29 is 9.90 Å². The van der Waals surface area contributed by atoms with E-state index >= 15 is 0 Å². The molecule has 0 saturated carbocycles. The maximum atomic E-state index is 13.1. The zero-order valence-corrected chi connectivity index (χ0v) is 17.4. The summed E-state index contributed by atoms with van der Waals surface area (Å²) in [4.78, 5) is 26.3. The zero-order valence-electron chi connectivity index (χ0n) is 16.6. The molecule has 0 aliphatic heterocycles. The molecule has 2 aromatic heterocycles. The molecule has 1 aromatic carbocycles. The van der Waals surface area contributed by atoms with Gasteiger partial charge in [-0.3, -0.25) is 9.78 Å². The van der Waals surface area contributed by atoms with Crippen LogP contribution in [0, 0.1) is 13.8 Å². The molecule has 7 nitrogen and oxygen atoms in total. The standard InChI is InChI=1S/C21H23N5O2S/c1-13-4-5-16(12-14(13)2)24-20(28)17-19(23-10-11-27)25-18(26-21(17)29-3)15-6-8-22-9-7-15/h4-9,12,27H,10-11H2,1-3H3,(H,24,28)(H,23,25,26). The predicted octanol–water partition coefficient (Wildman–Crippen LogP) is 3.53. The molecule has 0 saturated heterocycles. The summed E-state index contributed by atoms with van der Waals surface area (Å²) in [5, 5.41) is 15.8. The Morgan fingerprint density at radius 2 is 1.86 bits per heavy atom. The fourth-order valence-electron chi connectivity index (χ4n) is 2.74. The number of nitrogens with one attached hydrogen (secondary N) is 2. The molecule has 150 valence electrons. The summed E-state index contributed by atoms with van der Waals surface area (Å²) in [6.07, 6.45) is 5.19. The van der Waals surface area contributed by atoms with Crippen LogP contribution in [-0.4, -0.2) is 45.4 Å². The number of anilines is 2. The Morgan fingerprint density at radius 3 is 2.52 bits per heavy atom. The number of hydrogen-bond acceptors (Lipinski definition) is 7. The molecule has 0 aliphatic rings. The van der Waals surface area contributed by atoms with Crippen LogP contribution in [0.5, 0.6) is 0 Å². The SMILES string of the molecule is CSc1nc(-c2ccncc2)nc(NCCO)c1C(=O)Nc1ccc(C)c(C)c1. The first-order chi connectivity index (χ1) is 14.0. The quantitative estimate of drug-likeness (QED) is 0.405. The van der Waals surface area contributed by atoms with Gasteiger partial charge in [0, 0.05) is 30.2 Å². The summed E-state index contributed by atoms with van der Waals surface area (Å²) in [5.74, 6) is 0.561. The average Bonchev–Trinajstić information content (AvgIpc) is 2.74. The number of pyridine rings is 1. The highest BCUT2D eigenvalue weighted by molar-refractivity contribution is 7.98. The third-order valence-electron chi connectivity index (χ3n) is 4.40. The fraction of sp³-hybridized carbons (Fsp3) is 0.238. The Hall–Kier alpha value is -2.97. The van der Waals surface area contributed by atoms with Crippen LogP contribution < -0.4 is 10.6 Å². The number of amides is 1. The minimum Gasteiger partial charge on any atom is -0.395 e. The summed E-state index contributed by atoms with van der Waals surface area (Å²) in [5.41, 5.74) is 4.10. The van der Waals surface area contributed by atoms with E-state index < -0.39 is 0 Å². The van der Waals surface area contributed by atoms with Crippen LogP contribution >= 0.6 is 11.8 Å². The lowest BCUT2D eigenvalue weighted by molar-refractivity contribution is 0.102. The Balaban J connectivity index is 2.02. The summed E-state index contributed by atoms with van der Waals surface area (Å²) >= 11 is 1.37. The van der Waals surface area contributed by atoms with E-state index in [-0.39, 0.29) is 19.1 Å². The number of carbonyl (C=O) groups is 1. The molecular formula is C21H23N5O2S. The van der Waals surface area contributed by atoms with Crippen molar-refractivity contribution in [2.75, 3.05) is 30.0 Å². The second kappa shape index (κ2) is 9.49. The van der Waals surface area contributed by atoms with Gasteiger partial charge >= 0.3 is 0 Å². The van der Waals surface area contributed by atoms with Gasteiger partial charge in [0.2, 0.25) is 0 Å². The first-order valence-corrected chi connectivity index (χ1v) is 10.4. The minimum atomic E-state index is -0.306. The van der Waals surface area contributed by atoms with Crippen LogP contribution in [0.15, 0.2) is 47.8 Å². The van der Waals surface area contributed by atoms with Crippen LogP contribution in [0.3, 0.4) is 0 Å². The van der Waals surface area contributed by atoms with Crippen LogP contribution in [-0.2, 0) is 0 Å². The molecule has 0 bridgehead atoms. The van der Waals surface area contributed by atoms with Gasteiger partial charge in [-0.05, 0) is 55.5 Å². The summed E-state index contributed by atoms with van der Waals surface area (Å²) in [7, 11) is 0. The molecule has 2 heterocycles. The summed E-state index contributed by atoms with van der Waals surface area (Å²) in [6.45, 7) is 4.21. The molecule has 29 heavy (non-hydrogen) atoms. The molecule has 0 atom stereocenters. The number of rotatable bonds is 7. The fourth-order valence-corrected chi connectivity index (χ4v) is 3.31. The molecule has 0 fully saturated rings. The van der Waals surface area contributed by atoms with Crippen LogP contribution in [0.2, 0.25) is 0 Å². The maximum absolute atomic E-state index is 13.1. The predicted molar refractivity (Wildman–Crippen MR) is 116 cm³/mol. The van der Waals surface area contributed by atoms with Gasteiger partial charge in [0.1, 0.15) is 16.4 Å². The lowest BCUT2D eigenvalue weighted by Crippen LogP contribution is -2.19.